The highest BCUT2D eigenvalue weighted by Crippen LogP contribution is 2.59. The van der Waals surface area contributed by atoms with E-state index in [0.29, 0.717) is 17.8 Å². The lowest BCUT2D eigenvalue weighted by Gasteiger charge is -2.44. The molecule has 3 aliphatic rings. The van der Waals surface area contributed by atoms with Crippen LogP contribution >= 0.6 is 0 Å². The van der Waals surface area contributed by atoms with Gasteiger partial charge < -0.3 is 4.43 Å². The molecule has 3 aliphatic carbocycles. The molecule has 0 radical (unpaired) electrons. The van der Waals surface area contributed by atoms with Crippen LogP contribution in [0.1, 0.15) is 92.1 Å². The second-order valence-corrected chi connectivity index (χ2v) is 21.9. The van der Waals surface area contributed by atoms with E-state index in [1.807, 2.05) is 19.1 Å². The van der Waals surface area contributed by atoms with E-state index in [2.05, 4.69) is 73.4 Å². The highest BCUT2D eigenvalue weighted by molar-refractivity contribution is 7.86. The maximum Gasteiger partial charge on any atom is 0.296 e. The summed E-state index contributed by atoms with van der Waals surface area (Å²) in [5.41, 5.74) is 5.30. The van der Waals surface area contributed by atoms with Crippen molar-refractivity contribution < 1.29 is 17.0 Å². The van der Waals surface area contributed by atoms with Crippen LogP contribution in [0.5, 0.6) is 0 Å². The van der Waals surface area contributed by atoms with Crippen molar-refractivity contribution in [3.8, 4) is 0 Å². The largest absolute Gasteiger partial charge is 0.410 e. The van der Waals surface area contributed by atoms with E-state index >= 15 is 0 Å². The number of aryl methyl sites for hydroxylation is 1. The van der Waals surface area contributed by atoms with Gasteiger partial charge in [-0.15, -0.1) is 0 Å². The minimum absolute atomic E-state index is 0.115. The molecule has 0 bridgehead atoms. The summed E-state index contributed by atoms with van der Waals surface area (Å²) >= 11 is 0. The number of rotatable bonds is 8. The Balaban J connectivity index is 1.46. The normalized spacial score (nSPS) is 31.9. The molecule has 0 saturated heterocycles. The van der Waals surface area contributed by atoms with Crippen LogP contribution in [0.25, 0.3) is 0 Å². The van der Waals surface area contributed by atoms with Crippen LogP contribution in [0.4, 0.5) is 0 Å². The van der Waals surface area contributed by atoms with Crippen molar-refractivity contribution in [1.82, 2.24) is 0 Å². The monoisotopic (exact) mass is 612 g/mol. The Morgan fingerprint density at radius 1 is 1.14 bits per heavy atom. The Hall–Kier alpha value is -1.47. The first kappa shape index (κ1) is 33.4. The molecule has 0 aliphatic heterocycles. The molecular formula is C36H56O4SSi. The van der Waals surface area contributed by atoms with E-state index in [1.54, 1.807) is 17.7 Å². The van der Waals surface area contributed by atoms with Crippen LogP contribution in [0.2, 0.25) is 18.1 Å². The molecule has 6 atom stereocenters. The third-order valence-corrected chi connectivity index (χ3v) is 17.0. The van der Waals surface area contributed by atoms with E-state index in [-0.39, 0.29) is 34.0 Å². The zero-order valence-electron chi connectivity index (χ0n) is 27.8. The topological polar surface area (TPSA) is 52.6 Å². The summed E-state index contributed by atoms with van der Waals surface area (Å²) in [7, 11) is -5.64. The lowest BCUT2D eigenvalue weighted by atomic mass is 9.61. The maximum absolute atomic E-state index is 12.9. The van der Waals surface area contributed by atoms with Crippen molar-refractivity contribution in [1.29, 1.82) is 0 Å². The lowest BCUT2D eigenvalue weighted by molar-refractivity contribution is 0.0760. The average molecular weight is 613 g/mol. The van der Waals surface area contributed by atoms with Crippen molar-refractivity contribution >= 4 is 18.4 Å². The van der Waals surface area contributed by atoms with Crippen molar-refractivity contribution in [2.75, 3.05) is 6.61 Å². The SMILES string of the molecule is C=C1/C(=C\C=C2/CCC[C@]3(C)[C@@H]([C@H](C)COS(=O)(=O)c4ccc(C)cc4)CC[C@@H]23)C[C@@H](C)C[C@@H]1O[Si](C)(C)C(C)(C)C. The fourth-order valence-corrected chi connectivity index (χ4v) is 9.94. The molecule has 1 aromatic rings. The van der Waals surface area contributed by atoms with Gasteiger partial charge in [-0.25, -0.2) is 0 Å². The molecule has 0 heterocycles. The smallest absolute Gasteiger partial charge is 0.296 e. The number of hydrogen-bond donors (Lipinski definition) is 0. The highest BCUT2D eigenvalue weighted by atomic mass is 32.2. The molecule has 0 unspecified atom stereocenters. The molecule has 1 aromatic carbocycles. The van der Waals surface area contributed by atoms with Crippen LogP contribution in [-0.4, -0.2) is 29.4 Å². The summed E-state index contributed by atoms with van der Waals surface area (Å²) in [6.45, 7) is 25.3. The van der Waals surface area contributed by atoms with Gasteiger partial charge in [0, 0.05) is 0 Å². The molecule has 4 rings (SSSR count). The molecule has 0 spiro atoms. The van der Waals surface area contributed by atoms with Crippen LogP contribution in [0.15, 0.2) is 64.6 Å². The maximum atomic E-state index is 12.9. The van der Waals surface area contributed by atoms with Crippen LogP contribution in [0, 0.1) is 36.0 Å². The second-order valence-electron chi connectivity index (χ2n) is 15.5. The van der Waals surface area contributed by atoms with Crippen molar-refractivity contribution in [3.05, 3.63) is 65.3 Å². The predicted molar refractivity (Wildman–Crippen MR) is 177 cm³/mol. The Bertz CT molecular complexity index is 1300. The molecule has 42 heavy (non-hydrogen) atoms. The van der Waals surface area contributed by atoms with E-state index in [1.165, 1.54) is 30.4 Å². The minimum atomic E-state index is -3.75. The zero-order valence-corrected chi connectivity index (χ0v) is 29.6. The van der Waals surface area contributed by atoms with Gasteiger partial charge in [0.05, 0.1) is 17.6 Å². The van der Waals surface area contributed by atoms with Crippen molar-refractivity contribution in [3.63, 3.8) is 0 Å². The molecule has 3 saturated carbocycles. The minimum Gasteiger partial charge on any atom is -0.410 e. The Morgan fingerprint density at radius 2 is 1.81 bits per heavy atom. The Labute approximate surface area is 258 Å². The first-order chi connectivity index (χ1) is 19.4. The molecule has 6 heteroatoms. The summed E-state index contributed by atoms with van der Waals surface area (Å²) in [6, 6.07) is 6.91. The Morgan fingerprint density at radius 3 is 2.45 bits per heavy atom. The van der Waals surface area contributed by atoms with Gasteiger partial charge in [0.15, 0.2) is 8.32 Å². The van der Waals surface area contributed by atoms with E-state index in [9.17, 15) is 8.42 Å². The predicted octanol–water partition coefficient (Wildman–Crippen LogP) is 9.78. The zero-order chi connectivity index (χ0) is 31.1. The third kappa shape index (κ3) is 7.08. The molecule has 234 valence electrons. The van der Waals surface area contributed by atoms with E-state index < -0.39 is 18.4 Å². The number of fused-ring (bicyclic) bond motifs is 1. The van der Waals surface area contributed by atoms with Crippen LogP contribution < -0.4 is 0 Å². The van der Waals surface area contributed by atoms with E-state index in [0.717, 1.165) is 31.2 Å². The fourth-order valence-electron chi connectivity index (χ4n) is 7.64. The fraction of sp³-hybridized carbons (Fsp3) is 0.667. The summed E-state index contributed by atoms with van der Waals surface area (Å²) in [6.07, 6.45) is 12.8. The van der Waals surface area contributed by atoms with Crippen molar-refractivity contribution in [2.24, 2.45) is 29.1 Å². The van der Waals surface area contributed by atoms with Gasteiger partial charge in [0.1, 0.15) is 0 Å². The molecular weight excluding hydrogens is 557 g/mol. The van der Waals surface area contributed by atoms with Gasteiger partial charge in [-0.3, -0.25) is 4.18 Å². The van der Waals surface area contributed by atoms with Gasteiger partial charge >= 0.3 is 0 Å². The lowest BCUT2D eigenvalue weighted by Crippen LogP contribution is -2.45. The summed E-state index contributed by atoms with van der Waals surface area (Å²) in [5, 5.41) is 0.179. The Kier molecular flexibility index (Phi) is 9.94. The number of allylic oxidation sites excluding steroid dienone is 3. The third-order valence-electron chi connectivity index (χ3n) is 11.2. The molecule has 0 amide bonds. The second kappa shape index (κ2) is 12.5. The van der Waals surface area contributed by atoms with Gasteiger partial charge in [-0.1, -0.05) is 83.5 Å². The van der Waals surface area contributed by atoms with Gasteiger partial charge in [-0.2, -0.15) is 8.42 Å². The summed E-state index contributed by atoms with van der Waals surface area (Å²) < 4.78 is 38.2. The molecule has 4 nitrogen and oxygen atoms in total. The quantitative estimate of drug-likeness (QED) is 0.217. The number of hydrogen-bond acceptors (Lipinski definition) is 4. The highest BCUT2D eigenvalue weighted by Gasteiger charge is 2.51. The standard InChI is InChI=1S/C36H56O4SSi/c1-25-13-17-31(18-14-25)41(37,38)39-24-27(3)32-19-20-33-29(12-11-21-36(32,33)8)15-16-30-22-26(2)23-34(28(30)4)40-42(9,10)35(5,6)7/h13-18,26-27,32-34H,4,11-12,19-24H2,1-3,5-10H3/b29-15+,30-16-/t26-,27-,32-,33+,34+,36-/m1/s1. The molecule has 0 N–H and O–H groups in total. The average Bonchev–Trinajstić information content (AvgIpc) is 3.25. The van der Waals surface area contributed by atoms with Crippen molar-refractivity contribution in [2.45, 2.75) is 123 Å². The first-order valence-corrected chi connectivity index (χ1v) is 20.5. The summed E-state index contributed by atoms with van der Waals surface area (Å²) in [5.74, 6) is 1.74. The number of benzene rings is 1. The van der Waals surface area contributed by atoms with Crippen LogP contribution in [-0.2, 0) is 18.7 Å². The van der Waals surface area contributed by atoms with Crippen LogP contribution in [0.3, 0.4) is 0 Å². The first-order valence-electron chi connectivity index (χ1n) is 16.2. The van der Waals surface area contributed by atoms with Gasteiger partial charge in [0.2, 0.25) is 0 Å². The van der Waals surface area contributed by atoms with Gasteiger partial charge in [0.25, 0.3) is 10.1 Å². The van der Waals surface area contributed by atoms with Gasteiger partial charge in [-0.05, 0) is 122 Å². The van der Waals surface area contributed by atoms with E-state index in [4.69, 9.17) is 8.61 Å². The molecule has 0 aromatic heterocycles. The summed E-state index contributed by atoms with van der Waals surface area (Å²) in [4.78, 5) is 0.238. The molecule has 3 fully saturated rings.